The van der Waals surface area contributed by atoms with Gasteiger partial charge in [-0.25, -0.2) is 5.26 Å². The van der Waals surface area contributed by atoms with Gasteiger partial charge >= 0.3 is 0 Å². The molecule has 3 aromatic rings. The highest BCUT2D eigenvalue weighted by atomic mass is 32.2. The van der Waals surface area contributed by atoms with E-state index in [9.17, 15) is 41.2 Å². The second-order valence-electron chi connectivity index (χ2n) is 6.89. The first-order valence-electron chi connectivity index (χ1n) is 9.42. The zero-order valence-corrected chi connectivity index (χ0v) is 20.9. The number of benzene rings is 3. The van der Waals surface area contributed by atoms with E-state index < -0.39 is 69.1 Å². The van der Waals surface area contributed by atoms with Gasteiger partial charge in [0.05, 0.1) is 32.9 Å². The molecule has 0 atom stereocenters. The van der Waals surface area contributed by atoms with Crippen LogP contribution < -0.4 is 5.73 Å². The molecule has 0 aromatic heterocycles. The summed E-state index contributed by atoms with van der Waals surface area (Å²) in [5.41, 5.74) is 3.24. The number of nitro benzene ring substituents is 1. The Balaban J connectivity index is 2.36. The molecule has 0 bridgehead atoms. The van der Waals surface area contributed by atoms with E-state index in [0.717, 1.165) is 24.3 Å². The molecule has 0 unspecified atom stereocenters. The number of fused-ring (bicyclic) bond motifs is 1. The number of rotatable bonds is 9. The molecule has 0 heterocycles. The topological polar surface area (TPSA) is 286 Å². The molecule has 18 nitrogen and oxygen atoms in total. The van der Waals surface area contributed by atoms with Gasteiger partial charge in [0.15, 0.2) is 5.75 Å². The minimum absolute atomic E-state index is 0.111. The van der Waals surface area contributed by atoms with Crippen LogP contribution in [-0.4, -0.2) is 48.3 Å². The normalized spacial score (nSPS) is 12.6. The Morgan fingerprint density at radius 3 is 2.21 bits per heavy atom. The molecule has 0 aliphatic rings. The number of azo groups is 2. The van der Waals surface area contributed by atoms with E-state index in [2.05, 4.69) is 29.8 Å². The lowest BCUT2D eigenvalue weighted by Gasteiger charge is -2.14. The van der Waals surface area contributed by atoms with Crippen molar-refractivity contribution in [3.8, 4) is 5.75 Å². The molecule has 0 fully saturated rings. The van der Waals surface area contributed by atoms with Gasteiger partial charge in [-0.05, 0) is 23.6 Å². The lowest BCUT2D eigenvalue weighted by Crippen LogP contribution is -2.02. The van der Waals surface area contributed by atoms with E-state index in [4.69, 9.17) is 11.0 Å². The lowest BCUT2D eigenvalue weighted by molar-refractivity contribution is -0.432. The maximum absolute atomic E-state index is 11.9. The Bertz CT molecular complexity index is 1720. The summed E-state index contributed by atoms with van der Waals surface area (Å²) in [4.78, 5) is 8.10. The van der Waals surface area contributed by atoms with Crippen molar-refractivity contribution < 1.29 is 50.6 Å². The van der Waals surface area contributed by atoms with Gasteiger partial charge in [-0.2, -0.15) is 27.1 Å². The van der Waals surface area contributed by atoms with Crippen LogP contribution in [0.3, 0.4) is 0 Å². The van der Waals surface area contributed by atoms with Crippen molar-refractivity contribution >= 4 is 71.5 Å². The van der Waals surface area contributed by atoms with Crippen LogP contribution in [0.4, 0.5) is 28.4 Å². The fourth-order valence-corrected chi connectivity index (χ4v) is 4.94. The van der Waals surface area contributed by atoms with Crippen LogP contribution >= 0.6 is 12.0 Å². The molecular weight excluding hydrogens is 576 g/mol. The predicted octanol–water partition coefficient (Wildman–Crippen LogP) is 4.09. The summed E-state index contributed by atoms with van der Waals surface area (Å²) in [6.07, 6.45) is 0. The molecular formula is C17H14N6O12S3. The largest absolute Gasteiger partial charge is 0.505 e. The molecule has 3 rings (SSSR count). The summed E-state index contributed by atoms with van der Waals surface area (Å²) in [7, 11) is -8.73. The summed E-state index contributed by atoms with van der Waals surface area (Å²) in [6.45, 7) is 0. The van der Waals surface area contributed by atoms with E-state index in [1.54, 1.807) is 0 Å². The van der Waals surface area contributed by atoms with Crippen LogP contribution in [0.2, 0.25) is 0 Å². The summed E-state index contributed by atoms with van der Waals surface area (Å²) in [5, 5.41) is 48.0. The van der Waals surface area contributed by atoms with Gasteiger partial charge in [0, 0.05) is 19.2 Å². The molecule has 0 amide bonds. The molecule has 0 radical (unpaired) electrons. The highest BCUT2D eigenvalue weighted by Crippen LogP contribution is 2.49. The van der Waals surface area contributed by atoms with Crippen LogP contribution in [-0.2, 0) is 29.6 Å². The van der Waals surface area contributed by atoms with Crippen molar-refractivity contribution in [2.24, 2.45) is 20.5 Å². The van der Waals surface area contributed by atoms with Gasteiger partial charge in [0.25, 0.3) is 25.9 Å². The number of hydrogen-bond acceptors (Lipinski definition) is 16. The number of anilines is 1. The quantitative estimate of drug-likeness (QED) is 0.0446. The van der Waals surface area contributed by atoms with Gasteiger partial charge in [-0.1, -0.05) is 5.04 Å². The monoisotopic (exact) mass is 590 g/mol. The average Bonchev–Trinajstić information content (AvgIpc) is 2.82. The number of nitrogens with two attached hydrogens (primary N) is 1. The summed E-state index contributed by atoms with van der Waals surface area (Å²) >= 11 is 0.223. The number of nitrogens with zero attached hydrogens (tertiary/aromatic N) is 5. The number of aromatic hydroxyl groups is 1. The van der Waals surface area contributed by atoms with Gasteiger partial charge in [0.2, 0.25) is 0 Å². The molecule has 0 spiro atoms. The summed E-state index contributed by atoms with van der Waals surface area (Å²) < 4.78 is 70.7. The van der Waals surface area contributed by atoms with Crippen molar-refractivity contribution in [1.29, 1.82) is 0 Å². The zero-order valence-electron chi connectivity index (χ0n) is 18.5. The highest BCUT2D eigenvalue weighted by Gasteiger charge is 2.26. The number of phenolic OH excluding ortho intramolecular Hbond substituents is 1. The summed E-state index contributed by atoms with van der Waals surface area (Å²) in [5.74, 6) is -0.794. The molecule has 38 heavy (non-hydrogen) atoms. The van der Waals surface area contributed by atoms with E-state index in [1.807, 2.05) is 0 Å². The van der Waals surface area contributed by atoms with Crippen LogP contribution in [0.25, 0.3) is 10.8 Å². The number of nitro groups is 1. The zero-order chi connectivity index (χ0) is 28.4. The fourth-order valence-electron chi connectivity index (χ4n) is 3.13. The van der Waals surface area contributed by atoms with Gasteiger partial charge in [-0.15, -0.1) is 14.6 Å². The first kappa shape index (κ1) is 28.7. The molecule has 0 saturated heterocycles. The Kier molecular flexibility index (Phi) is 8.23. The van der Waals surface area contributed by atoms with Crippen molar-refractivity contribution in [2.45, 2.75) is 14.7 Å². The number of hydrogen-bond donors (Lipinski definition) is 5. The molecule has 0 saturated carbocycles. The molecule has 21 heteroatoms. The van der Waals surface area contributed by atoms with E-state index in [1.165, 1.54) is 7.05 Å². The van der Waals surface area contributed by atoms with Crippen LogP contribution in [0, 0.1) is 10.1 Å². The molecule has 3 aromatic carbocycles. The standard InChI is InChI=1S/C17H14N6O12S3/c1-19-21-16-12(38(31,32)33)5-7-4-10(36-35-34-27)15(17(24)13(7)14(16)18)22-20-9-3-2-8(23(25)26)6-11(9)37(28,29)30/h2-6,24,27H,18H2,1H3,(H,28,29,30)(H,31,32,33). The Morgan fingerprint density at radius 1 is 1.00 bits per heavy atom. The highest BCUT2D eigenvalue weighted by molar-refractivity contribution is 7.94. The fraction of sp³-hybridized carbons (Fsp3) is 0.0588. The molecule has 6 N–H and O–H groups in total. The smallest absolute Gasteiger partial charge is 0.297 e. The van der Waals surface area contributed by atoms with Crippen LogP contribution in [0.15, 0.2) is 65.5 Å². The van der Waals surface area contributed by atoms with Gasteiger partial charge < -0.3 is 10.8 Å². The summed E-state index contributed by atoms with van der Waals surface area (Å²) in [6, 6.07) is 4.26. The molecule has 0 aliphatic carbocycles. The molecule has 0 aliphatic heterocycles. The van der Waals surface area contributed by atoms with E-state index >= 15 is 0 Å². The second-order valence-corrected chi connectivity index (χ2v) is 10.4. The lowest BCUT2D eigenvalue weighted by atomic mass is 10.1. The van der Waals surface area contributed by atoms with Crippen LogP contribution in [0.5, 0.6) is 5.75 Å². The Labute approximate surface area is 216 Å². The van der Waals surface area contributed by atoms with E-state index in [-0.39, 0.29) is 27.7 Å². The van der Waals surface area contributed by atoms with Crippen molar-refractivity contribution in [2.75, 3.05) is 12.8 Å². The third kappa shape index (κ3) is 5.84. The van der Waals surface area contributed by atoms with Crippen molar-refractivity contribution in [3.05, 3.63) is 40.4 Å². The molecule has 202 valence electrons. The third-order valence-corrected chi connectivity index (χ3v) is 7.01. The van der Waals surface area contributed by atoms with Crippen molar-refractivity contribution in [3.63, 3.8) is 0 Å². The number of non-ortho nitro benzene ring substituents is 1. The Hall–Kier alpha value is -3.83. The SMILES string of the molecule is CN=Nc1c(S(=O)(=O)O)cc2cc(SOOO)c(N=Nc3ccc([N+](=O)[O-])cc3S(=O)(=O)O)c(O)c2c1N. The third-order valence-electron chi connectivity index (χ3n) is 4.64. The minimum Gasteiger partial charge on any atom is -0.505 e. The van der Waals surface area contributed by atoms with Gasteiger partial charge in [-0.3, -0.25) is 19.2 Å². The van der Waals surface area contributed by atoms with Crippen molar-refractivity contribution in [1.82, 2.24) is 0 Å². The van der Waals surface area contributed by atoms with Gasteiger partial charge in [0.1, 0.15) is 26.9 Å². The van der Waals surface area contributed by atoms with E-state index in [0.29, 0.717) is 6.07 Å². The first-order chi connectivity index (χ1) is 17.7. The number of phenols is 1. The minimum atomic E-state index is -5.03. The second kappa shape index (κ2) is 10.9. The maximum atomic E-state index is 11.9. The number of nitrogen functional groups attached to an aromatic ring is 1. The first-order valence-corrected chi connectivity index (χ1v) is 13.0. The maximum Gasteiger partial charge on any atom is 0.297 e. The van der Waals surface area contributed by atoms with Crippen LogP contribution in [0.1, 0.15) is 0 Å². The predicted molar refractivity (Wildman–Crippen MR) is 128 cm³/mol. The average molecular weight is 591 g/mol. The Morgan fingerprint density at radius 2 is 1.66 bits per heavy atom.